The fourth-order valence-corrected chi connectivity index (χ4v) is 2.84. The Labute approximate surface area is 173 Å². The van der Waals surface area contributed by atoms with E-state index in [-0.39, 0.29) is 6.42 Å². The molecule has 3 rings (SSSR count). The van der Waals surface area contributed by atoms with Crippen molar-refractivity contribution < 1.29 is 33.3 Å². The van der Waals surface area contributed by atoms with Gasteiger partial charge in [0.25, 0.3) is 11.8 Å². The SMILES string of the molecule is COc1ccc(NC(=O)[C@H](C)OC(=O)C[C@H]2Oc3ccccc3NC2=O)cc1OC. The standard InChI is InChI=1S/C21H22N2O7/c1-12(20(25)22-13-8-9-16(27-2)17(10-13)28-3)29-19(24)11-18-21(26)23-14-6-4-5-7-15(14)30-18/h4-10,12,18H,11H2,1-3H3,(H,22,25)(H,23,26)/t12-,18+/m0/s1. The first-order valence-electron chi connectivity index (χ1n) is 9.20. The van der Waals surface area contributed by atoms with Gasteiger partial charge in [-0.05, 0) is 31.2 Å². The molecule has 0 unspecified atom stereocenters. The van der Waals surface area contributed by atoms with E-state index in [2.05, 4.69) is 10.6 Å². The summed E-state index contributed by atoms with van der Waals surface area (Å²) in [6.45, 7) is 1.44. The highest BCUT2D eigenvalue weighted by Gasteiger charge is 2.31. The molecule has 0 fully saturated rings. The summed E-state index contributed by atoms with van der Waals surface area (Å²) >= 11 is 0. The Morgan fingerprint density at radius 2 is 1.87 bits per heavy atom. The average Bonchev–Trinajstić information content (AvgIpc) is 2.74. The first kappa shape index (κ1) is 21.0. The monoisotopic (exact) mass is 414 g/mol. The lowest BCUT2D eigenvalue weighted by molar-refractivity contribution is -0.155. The van der Waals surface area contributed by atoms with Gasteiger partial charge in [0.2, 0.25) is 0 Å². The van der Waals surface area contributed by atoms with Gasteiger partial charge in [-0.15, -0.1) is 0 Å². The first-order valence-corrected chi connectivity index (χ1v) is 9.20. The van der Waals surface area contributed by atoms with Crippen LogP contribution in [0.5, 0.6) is 17.2 Å². The van der Waals surface area contributed by atoms with Crippen LogP contribution in [0.4, 0.5) is 11.4 Å². The lowest BCUT2D eigenvalue weighted by atomic mass is 10.1. The second-order valence-electron chi connectivity index (χ2n) is 6.49. The van der Waals surface area contributed by atoms with Crippen LogP contribution < -0.4 is 24.8 Å². The Morgan fingerprint density at radius 3 is 2.60 bits per heavy atom. The number of para-hydroxylation sites is 2. The smallest absolute Gasteiger partial charge is 0.310 e. The molecule has 1 heterocycles. The van der Waals surface area contributed by atoms with E-state index in [9.17, 15) is 14.4 Å². The predicted octanol–water partition coefficient (Wildman–Crippen LogP) is 2.36. The number of amides is 2. The number of anilines is 2. The number of carbonyl (C=O) groups excluding carboxylic acids is 3. The number of ether oxygens (including phenoxy) is 4. The van der Waals surface area contributed by atoms with Gasteiger partial charge in [0, 0.05) is 11.8 Å². The van der Waals surface area contributed by atoms with Gasteiger partial charge >= 0.3 is 5.97 Å². The zero-order valence-corrected chi connectivity index (χ0v) is 16.8. The zero-order chi connectivity index (χ0) is 21.7. The van der Waals surface area contributed by atoms with Gasteiger partial charge in [0.15, 0.2) is 23.7 Å². The summed E-state index contributed by atoms with van der Waals surface area (Å²) in [6, 6.07) is 11.8. The van der Waals surface area contributed by atoms with Crippen LogP contribution >= 0.6 is 0 Å². The molecular weight excluding hydrogens is 392 g/mol. The highest BCUT2D eigenvalue weighted by atomic mass is 16.6. The molecule has 9 nitrogen and oxygen atoms in total. The molecule has 0 saturated heterocycles. The molecular formula is C21H22N2O7. The van der Waals surface area contributed by atoms with Gasteiger partial charge in [0.1, 0.15) is 5.75 Å². The summed E-state index contributed by atoms with van der Waals surface area (Å²) in [6.07, 6.45) is -2.44. The molecule has 0 bridgehead atoms. The van der Waals surface area contributed by atoms with Gasteiger partial charge in [0.05, 0.1) is 26.3 Å². The van der Waals surface area contributed by atoms with Crippen molar-refractivity contribution >= 4 is 29.2 Å². The summed E-state index contributed by atoms with van der Waals surface area (Å²) in [7, 11) is 2.99. The lowest BCUT2D eigenvalue weighted by Gasteiger charge is -2.25. The van der Waals surface area contributed by atoms with Crippen molar-refractivity contribution in [2.24, 2.45) is 0 Å². The number of benzene rings is 2. The molecule has 2 N–H and O–H groups in total. The molecule has 30 heavy (non-hydrogen) atoms. The van der Waals surface area contributed by atoms with E-state index in [0.717, 1.165) is 0 Å². The maximum Gasteiger partial charge on any atom is 0.310 e. The first-order chi connectivity index (χ1) is 14.4. The number of hydrogen-bond acceptors (Lipinski definition) is 7. The zero-order valence-electron chi connectivity index (χ0n) is 16.8. The minimum atomic E-state index is -1.08. The number of fused-ring (bicyclic) bond motifs is 1. The van der Waals surface area contributed by atoms with E-state index in [1.807, 2.05) is 0 Å². The van der Waals surface area contributed by atoms with Crippen LogP contribution in [0.2, 0.25) is 0 Å². The normalized spacial score (nSPS) is 15.7. The second-order valence-corrected chi connectivity index (χ2v) is 6.49. The molecule has 2 aromatic rings. The van der Waals surface area contributed by atoms with Crippen LogP contribution in [0.15, 0.2) is 42.5 Å². The summed E-state index contributed by atoms with van der Waals surface area (Å²) in [5, 5.41) is 5.31. The minimum Gasteiger partial charge on any atom is -0.493 e. The molecule has 9 heteroatoms. The van der Waals surface area contributed by atoms with Crippen LogP contribution in [0, 0.1) is 0 Å². The molecule has 1 aliphatic rings. The molecule has 1 aliphatic heterocycles. The van der Waals surface area contributed by atoms with E-state index in [4.69, 9.17) is 18.9 Å². The molecule has 0 spiro atoms. The molecule has 2 atom stereocenters. The van der Waals surface area contributed by atoms with Crippen LogP contribution in [-0.4, -0.2) is 44.2 Å². The van der Waals surface area contributed by atoms with Gasteiger partial charge in [-0.3, -0.25) is 14.4 Å². The largest absolute Gasteiger partial charge is 0.493 e. The maximum absolute atomic E-state index is 12.4. The third kappa shape index (κ3) is 4.80. The third-order valence-electron chi connectivity index (χ3n) is 4.39. The fourth-order valence-electron chi connectivity index (χ4n) is 2.84. The van der Waals surface area contributed by atoms with Crippen molar-refractivity contribution in [3.63, 3.8) is 0 Å². The Morgan fingerprint density at radius 1 is 1.13 bits per heavy atom. The van der Waals surface area contributed by atoms with E-state index >= 15 is 0 Å². The van der Waals surface area contributed by atoms with Crippen LogP contribution in [0.25, 0.3) is 0 Å². The topological polar surface area (TPSA) is 112 Å². The highest BCUT2D eigenvalue weighted by molar-refractivity contribution is 6.00. The van der Waals surface area contributed by atoms with E-state index in [0.29, 0.717) is 28.6 Å². The van der Waals surface area contributed by atoms with Crippen LogP contribution in [-0.2, 0) is 19.1 Å². The van der Waals surface area contributed by atoms with Crippen LogP contribution in [0.1, 0.15) is 13.3 Å². The van der Waals surface area contributed by atoms with Gasteiger partial charge in [-0.2, -0.15) is 0 Å². The molecule has 2 amide bonds. The van der Waals surface area contributed by atoms with Gasteiger partial charge in [-0.1, -0.05) is 12.1 Å². The Bertz CT molecular complexity index is 960. The molecule has 0 aromatic heterocycles. The van der Waals surface area contributed by atoms with Gasteiger partial charge < -0.3 is 29.6 Å². The van der Waals surface area contributed by atoms with E-state index < -0.39 is 30.0 Å². The van der Waals surface area contributed by atoms with Crippen LogP contribution in [0.3, 0.4) is 0 Å². The lowest BCUT2D eigenvalue weighted by Crippen LogP contribution is -2.40. The molecule has 0 saturated carbocycles. The summed E-state index contributed by atoms with van der Waals surface area (Å²) in [5.74, 6) is -0.287. The summed E-state index contributed by atoms with van der Waals surface area (Å²) in [5.41, 5.74) is 0.988. The quantitative estimate of drug-likeness (QED) is 0.669. The number of rotatable bonds is 7. The highest BCUT2D eigenvalue weighted by Crippen LogP contribution is 2.30. The second kappa shape index (κ2) is 9.17. The third-order valence-corrected chi connectivity index (χ3v) is 4.39. The number of carbonyl (C=O) groups is 3. The molecule has 0 aliphatic carbocycles. The molecule has 2 aromatic carbocycles. The fraction of sp³-hybridized carbons (Fsp3) is 0.286. The van der Waals surface area contributed by atoms with Crippen molar-refractivity contribution in [2.75, 3.05) is 24.9 Å². The van der Waals surface area contributed by atoms with E-state index in [1.165, 1.54) is 21.1 Å². The average molecular weight is 414 g/mol. The number of esters is 1. The number of nitrogens with one attached hydrogen (secondary N) is 2. The van der Waals surface area contributed by atoms with Crippen molar-refractivity contribution in [1.29, 1.82) is 0 Å². The van der Waals surface area contributed by atoms with Crippen molar-refractivity contribution in [1.82, 2.24) is 0 Å². The Kier molecular flexibility index (Phi) is 6.41. The predicted molar refractivity (Wildman–Crippen MR) is 108 cm³/mol. The molecule has 0 radical (unpaired) electrons. The Balaban J connectivity index is 1.55. The molecule has 158 valence electrons. The summed E-state index contributed by atoms with van der Waals surface area (Å²) < 4.78 is 21.1. The van der Waals surface area contributed by atoms with E-state index in [1.54, 1.807) is 42.5 Å². The van der Waals surface area contributed by atoms with Crippen molar-refractivity contribution in [3.8, 4) is 17.2 Å². The van der Waals surface area contributed by atoms with Gasteiger partial charge in [-0.25, -0.2) is 0 Å². The minimum absolute atomic E-state index is 0.325. The maximum atomic E-state index is 12.4. The van der Waals surface area contributed by atoms with Crippen molar-refractivity contribution in [3.05, 3.63) is 42.5 Å². The number of methoxy groups -OCH3 is 2. The Hall–Kier alpha value is -3.75. The van der Waals surface area contributed by atoms with Crippen molar-refractivity contribution in [2.45, 2.75) is 25.6 Å². The number of hydrogen-bond donors (Lipinski definition) is 2. The summed E-state index contributed by atoms with van der Waals surface area (Å²) in [4.78, 5) is 36.7.